The van der Waals surface area contributed by atoms with Crippen LogP contribution < -0.4 is 19.5 Å². The van der Waals surface area contributed by atoms with Crippen LogP contribution in [-0.4, -0.2) is 38.3 Å². The normalized spacial score (nSPS) is 12.2. The van der Waals surface area contributed by atoms with Gasteiger partial charge in [-0.3, -0.25) is 9.59 Å². The fourth-order valence-corrected chi connectivity index (χ4v) is 5.30. The first-order valence-corrected chi connectivity index (χ1v) is 15.5. The highest BCUT2D eigenvalue weighted by Gasteiger charge is 2.41. The Morgan fingerprint density at radius 2 is 1.25 bits per heavy atom. The van der Waals surface area contributed by atoms with Gasteiger partial charge < -0.3 is 24.3 Å². The topological polar surface area (TPSA) is 83.1 Å². The van der Waals surface area contributed by atoms with Gasteiger partial charge in [0.2, 0.25) is 0 Å². The van der Waals surface area contributed by atoms with Gasteiger partial charge in [0.15, 0.2) is 0 Å². The molecule has 7 nitrogen and oxygen atoms in total. The molecule has 0 spiro atoms. The number of esters is 1. The molecule has 0 aliphatic heterocycles. The summed E-state index contributed by atoms with van der Waals surface area (Å²) in [6.07, 6.45) is -14.9. The van der Waals surface area contributed by atoms with Crippen molar-refractivity contribution in [3.8, 4) is 17.2 Å². The minimum atomic E-state index is -5.23. The van der Waals surface area contributed by atoms with Crippen molar-refractivity contribution in [1.82, 2.24) is 5.32 Å². The number of unbranched alkanes of at least 4 members (excludes halogenated alkanes) is 1. The number of amides is 1. The van der Waals surface area contributed by atoms with E-state index in [4.69, 9.17) is 4.74 Å². The second kappa shape index (κ2) is 16.5. The van der Waals surface area contributed by atoms with Crippen LogP contribution in [0.4, 0.5) is 43.9 Å². The molecule has 0 bridgehead atoms. The highest BCUT2D eigenvalue weighted by Crippen LogP contribution is 2.39. The maximum absolute atomic E-state index is 14.1. The van der Waals surface area contributed by atoms with Gasteiger partial charge in [0.1, 0.15) is 23.1 Å². The summed E-state index contributed by atoms with van der Waals surface area (Å²) < 4.78 is 153. The molecule has 0 unspecified atom stereocenters. The Morgan fingerprint density at radius 3 is 1.75 bits per heavy atom. The first kappa shape index (κ1) is 40.3. The molecule has 0 fully saturated rings. The Balaban J connectivity index is 1.84. The van der Waals surface area contributed by atoms with E-state index in [2.05, 4.69) is 19.5 Å². The second-order valence-corrected chi connectivity index (χ2v) is 11.4. The summed E-state index contributed by atoms with van der Waals surface area (Å²) >= 11 is 0. The van der Waals surface area contributed by atoms with Crippen LogP contribution in [0.5, 0.6) is 17.2 Å². The predicted molar refractivity (Wildman–Crippen MR) is 167 cm³/mol. The number of methoxy groups -OCH3 is 1. The number of benzene rings is 4. The largest absolute Gasteiger partial charge is 0.573 e. The van der Waals surface area contributed by atoms with Gasteiger partial charge in [0.25, 0.3) is 5.91 Å². The molecule has 4 rings (SSSR count). The molecule has 0 atom stereocenters. The maximum Gasteiger partial charge on any atom is 0.573 e. The summed E-state index contributed by atoms with van der Waals surface area (Å²) in [5.74, 6) is -4.64. The van der Waals surface area contributed by atoms with Gasteiger partial charge in [0, 0.05) is 18.4 Å². The zero-order chi connectivity index (χ0) is 39.0. The molecule has 0 aliphatic carbocycles. The number of nitrogens with one attached hydrogen (secondary N) is 1. The SMILES string of the molecule is COC(=O)CCCCOc1ccc(CC(NC(=O)c2ccc(F)c(C(F)(F)F)c2)(c2cccc(OC(F)(F)F)c2)c2cccc(OC(F)(F)F)c2)cc1. The number of rotatable bonds is 14. The third-order valence-electron chi connectivity index (χ3n) is 7.65. The van der Waals surface area contributed by atoms with Gasteiger partial charge in [-0.05, 0) is 84.1 Å². The predicted octanol–water partition coefficient (Wildman–Crippen LogP) is 9.28. The molecule has 1 amide bonds. The number of carbonyl (C=O) groups is 2. The van der Waals surface area contributed by atoms with Crippen molar-refractivity contribution in [2.45, 2.75) is 50.1 Å². The zero-order valence-electron chi connectivity index (χ0n) is 27.4. The zero-order valence-corrected chi connectivity index (χ0v) is 27.4. The smallest absolute Gasteiger partial charge is 0.494 e. The molecular weight excluding hydrogens is 732 g/mol. The number of hydrogen-bond acceptors (Lipinski definition) is 6. The monoisotopic (exact) mass is 761 g/mol. The molecule has 0 radical (unpaired) electrons. The van der Waals surface area contributed by atoms with Crippen LogP contribution in [0.3, 0.4) is 0 Å². The quantitative estimate of drug-likeness (QED) is 0.0784. The fourth-order valence-electron chi connectivity index (χ4n) is 5.30. The third kappa shape index (κ3) is 11.5. The van der Waals surface area contributed by atoms with Crippen molar-refractivity contribution < 1.29 is 72.4 Å². The molecule has 53 heavy (non-hydrogen) atoms. The average molecular weight is 762 g/mol. The molecular formula is C36H29F10NO6. The number of alkyl halides is 9. The molecule has 0 aromatic heterocycles. The number of hydrogen-bond donors (Lipinski definition) is 1. The highest BCUT2D eigenvalue weighted by molar-refractivity contribution is 5.95. The summed E-state index contributed by atoms with van der Waals surface area (Å²) in [6, 6.07) is 15.5. The van der Waals surface area contributed by atoms with Crippen molar-refractivity contribution in [2.24, 2.45) is 0 Å². The lowest BCUT2D eigenvalue weighted by Gasteiger charge is -2.37. The fraction of sp³-hybridized carbons (Fsp3) is 0.278. The molecule has 0 saturated carbocycles. The van der Waals surface area contributed by atoms with E-state index >= 15 is 0 Å². The van der Waals surface area contributed by atoms with Crippen molar-refractivity contribution >= 4 is 11.9 Å². The summed E-state index contributed by atoms with van der Waals surface area (Å²) in [7, 11) is 1.26. The van der Waals surface area contributed by atoms with Crippen molar-refractivity contribution in [2.75, 3.05) is 13.7 Å². The van der Waals surface area contributed by atoms with Gasteiger partial charge in [-0.15, -0.1) is 26.3 Å². The number of halogens is 10. The van der Waals surface area contributed by atoms with E-state index in [1.54, 1.807) is 0 Å². The van der Waals surface area contributed by atoms with Gasteiger partial charge in [0.05, 0.1) is 24.8 Å². The molecule has 0 heterocycles. The van der Waals surface area contributed by atoms with E-state index in [9.17, 15) is 53.5 Å². The Bertz CT molecular complexity index is 1820. The highest BCUT2D eigenvalue weighted by atomic mass is 19.4. The van der Waals surface area contributed by atoms with E-state index in [0.29, 0.717) is 30.2 Å². The van der Waals surface area contributed by atoms with E-state index in [-0.39, 0.29) is 30.2 Å². The lowest BCUT2D eigenvalue weighted by molar-refractivity contribution is -0.275. The maximum atomic E-state index is 14.1. The molecule has 17 heteroatoms. The first-order chi connectivity index (χ1) is 24.8. The van der Waals surface area contributed by atoms with Crippen molar-refractivity contribution in [1.29, 1.82) is 0 Å². The van der Waals surface area contributed by atoms with E-state index in [1.165, 1.54) is 43.5 Å². The van der Waals surface area contributed by atoms with Crippen LogP contribution in [0.15, 0.2) is 91.0 Å². The molecule has 0 aliphatic rings. The first-order valence-electron chi connectivity index (χ1n) is 15.5. The van der Waals surface area contributed by atoms with E-state index < -0.39 is 71.2 Å². The van der Waals surface area contributed by atoms with Crippen LogP contribution in [0.1, 0.15) is 51.9 Å². The molecule has 0 saturated heterocycles. The van der Waals surface area contributed by atoms with Gasteiger partial charge in [-0.1, -0.05) is 36.4 Å². The van der Waals surface area contributed by atoms with Crippen LogP contribution in [-0.2, 0) is 27.7 Å². The Morgan fingerprint density at radius 1 is 0.679 bits per heavy atom. The molecule has 1 N–H and O–H groups in total. The van der Waals surface area contributed by atoms with Gasteiger partial charge >= 0.3 is 24.9 Å². The third-order valence-corrected chi connectivity index (χ3v) is 7.65. The van der Waals surface area contributed by atoms with Gasteiger partial charge in [-0.2, -0.15) is 13.2 Å². The second-order valence-electron chi connectivity index (χ2n) is 11.4. The molecule has 4 aromatic carbocycles. The van der Waals surface area contributed by atoms with Crippen LogP contribution in [0.2, 0.25) is 0 Å². The van der Waals surface area contributed by atoms with Crippen LogP contribution in [0, 0.1) is 5.82 Å². The van der Waals surface area contributed by atoms with E-state index in [1.807, 2.05) is 0 Å². The minimum Gasteiger partial charge on any atom is -0.494 e. The Hall–Kier alpha value is -5.48. The summed E-state index contributed by atoms with van der Waals surface area (Å²) in [5, 5.41) is 2.51. The number of carbonyl (C=O) groups excluding carboxylic acids is 2. The number of ether oxygens (including phenoxy) is 4. The summed E-state index contributed by atoms with van der Waals surface area (Å²) in [4.78, 5) is 25.1. The van der Waals surface area contributed by atoms with Gasteiger partial charge in [-0.25, -0.2) is 4.39 Å². The summed E-state index contributed by atoms with van der Waals surface area (Å²) in [5.41, 5.74) is -4.79. The van der Waals surface area contributed by atoms with E-state index in [0.717, 1.165) is 42.5 Å². The minimum absolute atomic E-state index is 0.173. The average Bonchev–Trinajstić information content (AvgIpc) is 3.06. The van der Waals surface area contributed by atoms with Crippen LogP contribution >= 0.6 is 0 Å². The van der Waals surface area contributed by atoms with Crippen molar-refractivity contribution in [3.63, 3.8) is 0 Å². The summed E-state index contributed by atoms with van der Waals surface area (Å²) in [6.45, 7) is 0.200. The lowest BCUT2D eigenvalue weighted by Crippen LogP contribution is -2.48. The standard InChI is InChI=1S/C36H29F10NO6/c1-50-31(48)10-2-3-17-51-26-14-11-22(12-15-26)21-33(24-6-4-8-27(19-24)52-35(41,42)43,25-7-5-9-28(20-25)53-36(44,45)46)47-32(49)23-13-16-30(37)29(18-23)34(38,39)40/h4-9,11-16,18-20H,2-3,10,17,21H2,1H3,(H,47,49). The molecule has 284 valence electrons. The molecule has 4 aromatic rings. The Labute approximate surface area is 295 Å². The Kier molecular flexibility index (Phi) is 12.5. The van der Waals surface area contributed by atoms with Crippen LogP contribution in [0.25, 0.3) is 0 Å². The van der Waals surface area contributed by atoms with Crippen molar-refractivity contribution in [3.05, 3.63) is 125 Å². The lowest BCUT2D eigenvalue weighted by atomic mass is 9.77.